The maximum atomic E-state index is 6.17. The molecule has 0 amide bonds. The number of nitrogens with one attached hydrogen (secondary N) is 2. The molecule has 0 bridgehead atoms. The molecule has 1 aliphatic heterocycles. The van der Waals surface area contributed by atoms with Gasteiger partial charge in [0.2, 0.25) is 0 Å². The number of fused-ring (bicyclic) bond motifs is 1. The highest BCUT2D eigenvalue weighted by atomic mass is 16.5. The van der Waals surface area contributed by atoms with Crippen molar-refractivity contribution < 1.29 is 4.74 Å². The molecule has 2 atom stereocenters. The average Bonchev–Trinajstić information content (AvgIpc) is 2.69. The predicted octanol–water partition coefficient (Wildman–Crippen LogP) is 1.75. The van der Waals surface area contributed by atoms with E-state index in [1.807, 2.05) is 38.1 Å². The minimum Gasteiger partial charge on any atom is -0.404 e. The molecule has 0 aromatic carbocycles. The number of nitrogens with zero attached hydrogens (tertiary/aromatic N) is 2. The largest absolute Gasteiger partial charge is 0.404 e. The number of aliphatic imine (C=N–C) groups is 1. The lowest BCUT2D eigenvalue weighted by Gasteiger charge is -2.24. The fraction of sp³-hybridized carbons (Fsp3) is 0.333. The van der Waals surface area contributed by atoms with Crippen LogP contribution in [0.4, 0.5) is 5.69 Å². The van der Waals surface area contributed by atoms with Crippen LogP contribution in [0.1, 0.15) is 25.1 Å². The van der Waals surface area contributed by atoms with E-state index in [4.69, 9.17) is 21.9 Å². The minimum absolute atomic E-state index is 0.137. The lowest BCUT2D eigenvalue weighted by Crippen LogP contribution is -2.38. The number of allylic oxidation sites excluding steroid dienone is 3. The van der Waals surface area contributed by atoms with Gasteiger partial charge in [0.15, 0.2) is 0 Å². The molecule has 0 saturated heterocycles. The number of anilines is 1. The molecule has 0 fully saturated rings. The van der Waals surface area contributed by atoms with Gasteiger partial charge in [-0.3, -0.25) is 9.98 Å². The van der Waals surface area contributed by atoms with Crippen molar-refractivity contribution in [3.63, 3.8) is 0 Å². The molecule has 2 unspecified atom stereocenters. The van der Waals surface area contributed by atoms with E-state index in [9.17, 15) is 0 Å². The van der Waals surface area contributed by atoms with Gasteiger partial charge in [-0.15, -0.1) is 0 Å². The van der Waals surface area contributed by atoms with Gasteiger partial charge < -0.3 is 32.6 Å². The predicted molar refractivity (Wildman–Crippen MR) is 121 cm³/mol. The van der Waals surface area contributed by atoms with Gasteiger partial charge in [0.05, 0.1) is 23.8 Å². The monoisotopic (exact) mass is 397 g/mol. The molecule has 156 valence electrons. The van der Waals surface area contributed by atoms with E-state index in [2.05, 4.69) is 20.6 Å². The van der Waals surface area contributed by atoms with E-state index < -0.39 is 0 Å². The van der Waals surface area contributed by atoms with Gasteiger partial charge in [-0.05, 0) is 43.0 Å². The number of methoxy groups -OCH3 is 1. The Morgan fingerprint density at radius 3 is 2.83 bits per heavy atom. The Kier molecular flexibility index (Phi) is 7.85. The van der Waals surface area contributed by atoms with Gasteiger partial charge in [0.1, 0.15) is 6.17 Å². The van der Waals surface area contributed by atoms with Gasteiger partial charge in [0.25, 0.3) is 0 Å². The lowest BCUT2D eigenvalue weighted by atomic mass is 10.0. The first-order valence-corrected chi connectivity index (χ1v) is 9.37. The first-order chi connectivity index (χ1) is 13.9. The maximum absolute atomic E-state index is 6.17. The molecule has 1 aliphatic rings. The van der Waals surface area contributed by atoms with E-state index in [0.717, 1.165) is 28.1 Å². The van der Waals surface area contributed by atoms with Gasteiger partial charge in [-0.1, -0.05) is 6.92 Å². The van der Waals surface area contributed by atoms with Crippen molar-refractivity contribution in [1.82, 2.24) is 10.3 Å². The van der Waals surface area contributed by atoms with Gasteiger partial charge in [0, 0.05) is 49.3 Å². The zero-order valence-electron chi connectivity index (χ0n) is 17.4. The van der Waals surface area contributed by atoms with Crippen LogP contribution in [-0.4, -0.2) is 38.1 Å². The minimum atomic E-state index is -0.196. The third-order valence-electron chi connectivity index (χ3n) is 4.49. The lowest BCUT2D eigenvalue weighted by molar-refractivity contribution is 0.173. The molecule has 2 heterocycles. The second-order valence-corrected chi connectivity index (χ2v) is 6.89. The van der Waals surface area contributed by atoms with Crippen molar-refractivity contribution in [3.8, 4) is 0 Å². The molecule has 2 rings (SSSR count). The third kappa shape index (κ3) is 5.86. The maximum Gasteiger partial charge on any atom is 0.117 e. The first kappa shape index (κ1) is 22.0. The zero-order chi connectivity index (χ0) is 21.4. The summed E-state index contributed by atoms with van der Waals surface area (Å²) in [6.07, 6.45) is 10.6. The first-order valence-electron chi connectivity index (χ1n) is 9.37. The number of pyridine rings is 1. The number of nitrogens with two attached hydrogens (primary N) is 3. The Hall–Kier alpha value is -3.26. The number of ether oxygens (including phenoxy) is 1. The van der Waals surface area contributed by atoms with Gasteiger partial charge in [-0.2, -0.15) is 0 Å². The van der Waals surface area contributed by atoms with Crippen LogP contribution in [0.15, 0.2) is 52.7 Å². The van der Waals surface area contributed by atoms with Crippen molar-refractivity contribution in [2.45, 2.75) is 20.0 Å². The number of rotatable bonds is 8. The molecule has 0 radical (unpaired) electrons. The fourth-order valence-corrected chi connectivity index (χ4v) is 2.99. The van der Waals surface area contributed by atoms with Crippen molar-refractivity contribution >= 4 is 23.6 Å². The van der Waals surface area contributed by atoms with Crippen LogP contribution < -0.4 is 27.8 Å². The van der Waals surface area contributed by atoms with Crippen LogP contribution in [0.3, 0.4) is 0 Å². The number of aromatic nitrogens is 1. The van der Waals surface area contributed by atoms with Crippen LogP contribution in [0.5, 0.6) is 0 Å². The van der Waals surface area contributed by atoms with Crippen LogP contribution >= 0.6 is 0 Å². The summed E-state index contributed by atoms with van der Waals surface area (Å²) in [5.41, 5.74) is 22.9. The molecule has 8 nitrogen and oxygen atoms in total. The molecule has 0 saturated carbocycles. The molecular weight excluding hydrogens is 366 g/mol. The molecular formula is C21H31N7O. The molecule has 1 aromatic rings. The Morgan fingerprint density at radius 2 is 2.21 bits per heavy atom. The molecule has 0 spiro atoms. The summed E-state index contributed by atoms with van der Waals surface area (Å²) in [4.78, 5) is 8.59. The molecule has 1 aromatic heterocycles. The van der Waals surface area contributed by atoms with E-state index in [1.54, 1.807) is 32.8 Å². The summed E-state index contributed by atoms with van der Waals surface area (Å²) in [5.74, 6) is 0.633. The van der Waals surface area contributed by atoms with Crippen molar-refractivity contribution in [2.75, 3.05) is 26.1 Å². The molecule has 8 N–H and O–H groups in total. The number of hydrogen-bond acceptors (Lipinski definition) is 8. The topological polar surface area (TPSA) is 137 Å². The Balaban J connectivity index is 2.17. The Morgan fingerprint density at radius 1 is 1.45 bits per heavy atom. The number of hydrogen-bond donors (Lipinski definition) is 5. The van der Waals surface area contributed by atoms with E-state index >= 15 is 0 Å². The highest BCUT2D eigenvalue weighted by Gasteiger charge is 2.16. The summed E-state index contributed by atoms with van der Waals surface area (Å²) in [6, 6.07) is 2.00. The smallest absolute Gasteiger partial charge is 0.117 e. The van der Waals surface area contributed by atoms with Crippen LogP contribution in [-0.2, 0) is 4.74 Å². The van der Waals surface area contributed by atoms with Crippen LogP contribution in [0, 0.1) is 5.92 Å². The standard InChI is InChI=1S/C21H31N7O/c1-13(12-29-4)15(9-22)8-20(24)28-21-6-5-18-19(27-21)7-16(10-26-18)17(11-25-3)14(2)23/h5-11,13,21,27-28H,12,22-24H2,1-4H3/b15-9+,17-14?,20-8+,25-11?. The average molecular weight is 398 g/mol. The van der Waals surface area contributed by atoms with E-state index in [0.29, 0.717) is 18.1 Å². The summed E-state index contributed by atoms with van der Waals surface area (Å²) < 4.78 is 5.18. The fourth-order valence-electron chi connectivity index (χ4n) is 2.99. The van der Waals surface area contributed by atoms with E-state index in [1.165, 1.54) is 0 Å². The molecule has 0 aliphatic carbocycles. The van der Waals surface area contributed by atoms with Gasteiger partial charge >= 0.3 is 0 Å². The van der Waals surface area contributed by atoms with Gasteiger partial charge in [-0.25, -0.2) is 0 Å². The Bertz CT molecular complexity index is 864. The van der Waals surface area contributed by atoms with Crippen molar-refractivity contribution in [1.29, 1.82) is 0 Å². The van der Waals surface area contributed by atoms with Crippen molar-refractivity contribution in [2.24, 2.45) is 28.1 Å². The molecule has 29 heavy (non-hydrogen) atoms. The van der Waals surface area contributed by atoms with Crippen LogP contribution in [0.25, 0.3) is 11.6 Å². The Labute approximate surface area is 172 Å². The molecule has 8 heteroatoms. The third-order valence-corrected chi connectivity index (χ3v) is 4.49. The second-order valence-electron chi connectivity index (χ2n) is 6.89. The highest BCUT2D eigenvalue weighted by Crippen LogP contribution is 2.25. The summed E-state index contributed by atoms with van der Waals surface area (Å²) in [5, 5.41) is 6.62. The highest BCUT2D eigenvalue weighted by molar-refractivity contribution is 6.10. The summed E-state index contributed by atoms with van der Waals surface area (Å²) in [7, 11) is 3.37. The normalized spacial score (nSPS) is 18.8. The van der Waals surface area contributed by atoms with Crippen molar-refractivity contribution in [3.05, 3.63) is 59.0 Å². The zero-order valence-corrected chi connectivity index (χ0v) is 17.4. The van der Waals surface area contributed by atoms with Crippen LogP contribution in [0.2, 0.25) is 0 Å². The van der Waals surface area contributed by atoms with E-state index in [-0.39, 0.29) is 12.1 Å². The SMILES string of the molecule is CN=CC(=C(C)N)c1cnc2c(c1)NC(N/C(N)=C/C(=C\N)C(C)COC)C=C2. The summed E-state index contributed by atoms with van der Waals surface area (Å²) in [6.45, 7) is 4.43. The summed E-state index contributed by atoms with van der Waals surface area (Å²) >= 11 is 0. The second kappa shape index (κ2) is 10.3. The quantitative estimate of drug-likeness (QED) is 0.333.